The standard InChI is InChI=1S/C11H12IN3OS/c1-13-9(7-5-8(12)17-6-7)10-11(16-2)15-4-3-14-10/h3-6,9,13H,1-2H3. The summed E-state index contributed by atoms with van der Waals surface area (Å²) in [5.74, 6) is 0.563. The third kappa shape index (κ3) is 2.75. The molecule has 0 amide bonds. The van der Waals surface area contributed by atoms with Crippen LogP contribution in [-0.2, 0) is 0 Å². The van der Waals surface area contributed by atoms with Gasteiger partial charge in [0.15, 0.2) is 0 Å². The number of thiophene rings is 1. The van der Waals surface area contributed by atoms with E-state index in [1.165, 1.54) is 8.45 Å². The van der Waals surface area contributed by atoms with Gasteiger partial charge in [-0.25, -0.2) is 4.98 Å². The zero-order chi connectivity index (χ0) is 12.3. The first-order valence-corrected chi connectivity index (χ1v) is 6.98. The highest BCUT2D eigenvalue weighted by Gasteiger charge is 2.19. The number of nitrogens with zero attached hydrogens (tertiary/aromatic N) is 2. The van der Waals surface area contributed by atoms with Crippen LogP contribution in [0.5, 0.6) is 5.88 Å². The largest absolute Gasteiger partial charge is 0.480 e. The highest BCUT2D eigenvalue weighted by atomic mass is 127. The maximum atomic E-state index is 5.24. The molecule has 0 bridgehead atoms. The number of aromatic nitrogens is 2. The van der Waals surface area contributed by atoms with Gasteiger partial charge in [0.1, 0.15) is 5.69 Å². The summed E-state index contributed by atoms with van der Waals surface area (Å²) >= 11 is 4.03. The van der Waals surface area contributed by atoms with Gasteiger partial charge in [0.05, 0.1) is 16.0 Å². The highest BCUT2D eigenvalue weighted by molar-refractivity contribution is 14.1. The Morgan fingerprint density at radius 2 is 2.18 bits per heavy atom. The van der Waals surface area contributed by atoms with E-state index in [4.69, 9.17) is 4.74 Å². The summed E-state index contributed by atoms with van der Waals surface area (Å²) in [7, 11) is 3.51. The van der Waals surface area contributed by atoms with E-state index in [1.54, 1.807) is 30.8 Å². The van der Waals surface area contributed by atoms with Gasteiger partial charge in [0.25, 0.3) is 0 Å². The molecule has 2 aromatic rings. The fourth-order valence-electron chi connectivity index (χ4n) is 1.63. The molecule has 2 heterocycles. The first-order valence-electron chi connectivity index (χ1n) is 5.02. The van der Waals surface area contributed by atoms with Crippen molar-refractivity contribution in [1.29, 1.82) is 0 Å². The molecule has 0 aliphatic rings. The first kappa shape index (κ1) is 12.7. The summed E-state index contributed by atoms with van der Waals surface area (Å²) in [6, 6.07) is 2.15. The Balaban J connectivity index is 2.41. The van der Waals surface area contributed by atoms with Crippen LogP contribution in [0, 0.1) is 2.88 Å². The Labute approximate surface area is 118 Å². The number of hydrogen-bond acceptors (Lipinski definition) is 5. The first-order chi connectivity index (χ1) is 8.26. The maximum Gasteiger partial charge on any atom is 0.237 e. The predicted molar refractivity (Wildman–Crippen MR) is 76.5 cm³/mol. The smallest absolute Gasteiger partial charge is 0.237 e. The zero-order valence-corrected chi connectivity index (χ0v) is 12.4. The van der Waals surface area contributed by atoms with E-state index in [0.717, 1.165) is 5.69 Å². The van der Waals surface area contributed by atoms with Crippen molar-refractivity contribution in [2.24, 2.45) is 0 Å². The van der Waals surface area contributed by atoms with Gasteiger partial charge in [-0.15, -0.1) is 11.3 Å². The van der Waals surface area contributed by atoms with Gasteiger partial charge in [-0.3, -0.25) is 4.98 Å². The molecule has 0 radical (unpaired) electrons. The van der Waals surface area contributed by atoms with Crippen molar-refractivity contribution in [3.8, 4) is 5.88 Å². The summed E-state index contributed by atoms with van der Waals surface area (Å²) in [6.45, 7) is 0. The lowest BCUT2D eigenvalue weighted by Crippen LogP contribution is -2.19. The SMILES string of the molecule is CNC(c1csc(I)c1)c1nccnc1OC. The second-order valence-corrected chi connectivity index (χ2v) is 6.16. The lowest BCUT2D eigenvalue weighted by molar-refractivity contribution is 0.384. The van der Waals surface area contributed by atoms with E-state index in [1.807, 2.05) is 7.05 Å². The van der Waals surface area contributed by atoms with Crippen LogP contribution >= 0.6 is 33.9 Å². The van der Waals surface area contributed by atoms with Crippen molar-refractivity contribution in [3.05, 3.63) is 38.0 Å². The van der Waals surface area contributed by atoms with Crippen LogP contribution in [0.4, 0.5) is 0 Å². The third-order valence-corrected chi connectivity index (χ3v) is 4.17. The lowest BCUT2D eigenvalue weighted by Gasteiger charge is -2.16. The van der Waals surface area contributed by atoms with Gasteiger partial charge in [0, 0.05) is 12.4 Å². The molecular weight excluding hydrogens is 349 g/mol. The molecule has 0 fully saturated rings. The van der Waals surface area contributed by atoms with Crippen LogP contribution in [0.3, 0.4) is 0 Å². The molecule has 2 aromatic heterocycles. The van der Waals surface area contributed by atoms with Crippen LogP contribution < -0.4 is 10.1 Å². The molecule has 2 rings (SSSR count). The Morgan fingerprint density at radius 3 is 2.76 bits per heavy atom. The Hall–Kier alpha value is -0.730. The Bertz CT molecular complexity index is 503. The summed E-state index contributed by atoms with van der Waals surface area (Å²) in [6.07, 6.45) is 3.31. The summed E-state index contributed by atoms with van der Waals surface area (Å²) in [4.78, 5) is 8.53. The molecule has 1 N–H and O–H groups in total. The van der Waals surface area contributed by atoms with Gasteiger partial charge in [-0.2, -0.15) is 0 Å². The van der Waals surface area contributed by atoms with Crippen molar-refractivity contribution in [2.45, 2.75) is 6.04 Å². The molecule has 1 atom stereocenters. The Kier molecular flexibility index (Phi) is 4.30. The maximum absolute atomic E-state index is 5.24. The minimum absolute atomic E-state index is 0.0124. The molecular formula is C11H12IN3OS. The van der Waals surface area contributed by atoms with Crippen LogP contribution in [0.1, 0.15) is 17.3 Å². The Morgan fingerprint density at radius 1 is 1.41 bits per heavy atom. The van der Waals surface area contributed by atoms with E-state index >= 15 is 0 Å². The van der Waals surface area contributed by atoms with Crippen LogP contribution in [-0.4, -0.2) is 24.1 Å². The minimum atomic E-state index is 0.0124. The third-order valence-electron chi connectivity index (χ3n) is 2.37. The summed E-state index contributed by atoms with van der Waals surface area (Å²) in [5, 5.41) is 5.37. The molecule has 4 nitrogen and oxygen atoms in total. The average Bonchev–Trinajstić information content (AvgIpc) is 2.77. The van der Waals surface area contributed by atoms with Gasteiger partial charge >= 0.3 is 0 Å². The number of methoxy groups -OCH3 is 1. The molecule has 1 unspecified atom stereocenters. The van der Waals surface area contributed by atoms with E-state index in [-0.39, 0.29) is 6.04 Å². The highest BCUT2D eigenvalue weighted by Crippen LogP contribution is 2.29. The van der Waals surface area contributed by atoms with Crippen molar-refractivity contribution < 1.29 is 4.74 Å². The minimum Gasteiger partial charge on any atom is -0.480 e. The quantitative estimate of drug-likeness (QED) is 0.850. The predicted octanol–water partition coefficient (Wildman–Crippen LogP) is 2.46. The van der Waals surface area contributed by atoms with Crippen LogP contribution in [0.25, 0.3) is 0 Å². The number of nitrogens with one attached hydrogen (secondary N) is 1. The van der Waals surface area contributed by atoms with Gasteiger partial charge in [-0.05, 0) is 46.6 Å². The van der Waals surface area contributed by atoms with Crippen LogP contribution in [0.2, 0.25) is 0 Å². The normalized spacial score (nSPS) is 12.4. The van der Waals surface area contributed by atoms with Crippen molar-refractivity contribution in [1.82, 2.24) is 15.3 Å². The van der Waals surface area contributed by atoms with Crippen molar-refractivity contribution in [3.63, 3.8) is 0 Å². The van der Waals surface area contributed by atoms with E-state index in [2.05, 4.69) is 49.3 Å². The molecule has 6 heteroatoms. The fourth-order valence-corrected chi connectivity index (χ4v) is 3.03. The van der Waals surface area contributed by atoms with Crippen LogP contribution in [0.15, 0.2) is 23.8 Å². The second-order valence-electron chi connectivity index (χ2n) is 3.36. The summed E-state index contributed by atoms with van der Waals surface area (Å²) in [5.41, 5.74) is 1.99. The lowest BCUT2D eigenvalue weighted by atomic mass is 10.1. The molecule has 0 aliphatic carbocycles. The van der Waals surface area contributed by atoms with Gasteiger partial charge in [-0.1, -0.05) is 0 Å². The molecule has 17 heavy (non-hydrogen) atoms. The zero-order valence-electron chi connectivity index (χ0n) is 9.48. The van der Waals surface area contributed by atoms with E-state index in [9.17, 15) is 0 Å². The number of rotatable bonds is 4. The van der Waals surface area contributed by atoms with E-state index in [0.29, 0.717) is 5.88 Å². The van der Waals surface area contributed by atoms with Gasteiger partial charge in [0.2, 0.25) is 5.88 Å². The van der Waals surface area contributed by atoms with Gasteiger partial charge < -0.3 is 10.1 Å². The second kappa shape index (κ2) is 5.74. The van der Waals surface area contributed by atoms with E-state index < -0.39 is 0 Å². The van der Waals surface area contributed by atoms with Crippen molar-refractivity contribution >= 4 is 33.9 Å². The topological polar surface area (TPSA) is 47.0 Å². The molecule has 0 saturated carbocycles. The molecule has 0 aliphatic heterocycles. The fraction of sp³-hybridized carbons (Fsp3) is 0.273. The molecule has 0 spiro atoms. The monoisotopic (exact) mass is 361 g/mol. The number of halogens is 1. The summed E-state index contributed by atoms with van der Waals surface area (Å²) < 4.78 is 6.49. The van der Waals surface area contributed by atoms with Crippen molar-refractivity contribution in [2.75, 3.05) is 14.2 Å². The molecule has 0 saturated heterocycles. The number of ether oxygens (including phenoxy) is 1. The number of hydrogen-bond donors (Lipinski definition) is 1. The molecule has 0 aromatic carbocycles. The molecule has 90 valence electrons. The average molecular weight is 361 g/mol.